The Labute approximate surface area is 304 Å². The fourth-order valence-electron chi connectivity index (χ4n) is 8.01. The molecule has 0 radical (unpaired) electrons. The Hall–Kier alpha value is -7.04. The Morgan fingerprint density at radius 2 is 1.08 bits per heavy atom. The topological polar surface area (TPSA) is 51.0 Å². The van der Waals surface area contributed by atoms with E-state index in [-0.39, 0.29) is 0 Å². The third-order valence-electron chi connectivity index (χ3n) is 10.5. The highest BCUT2D eigenvalue weighted by atomic mass is 16.3. The van der Waals surface area contributed by atoms with Crippen LogP contribution in [0, 0.1) is 0 Å². The molecule has 0 saturated heterocycles. The third kappa shape index (κ3) is 4.77. The number of para-hydroxylation sites is 2. The van der Waals surface area contributed by atoms with Gasteiger partial charge in [0.25, 0.3) is 0 Å². The zero-order valence-electron chi connectivity index (χ0n) is 28.6. The van der Waals surface area contributed by atoms with Crippen LogP contribution in [0.3, 0.4) is 0 Å². The molecule has 0 bridgehead atoms. The van der Waals surface area contributed by atoms with Gasteiger partial charge < -0.3 is 8.83 Å². The van der Waals surface area contributed by atoms with Crippen LogP contribution in [0.4, 0.5) is 0 Å². The Morgan fingerprint density at radius 3 is 1.92 bits per heavy atom. The van der Waals surface area contributed by atoms with Crippen molar-refractivity contribution in [2.45, 2.75) is 6.42 Å². The minimum absolute atomic E-state index is 0.650. The van der Waals surface area contributed by atoms with Gasteiger partial charge in [0.1, 0.15) is 22.3 Å². The average Bonchev–Trinajstić information content (AvgIpc) is 3.72. The second kappa shape index (κ2) is 11.8. The molecule has 11 rings (SSSR count). The molecule has 0 atom stereocenters. The fourth-order valence-corrected chi connectivity index (χ4v) is 8.01. The van der Waals surface area contributed by atoms with Crippen LogP contribution < -0.4 is 0 Å². The smallest absolute Gasteiger partial charge is 0.160 e. The van der Waals surface area contributed by atoms with Gasteiger partial charge in [-0.2, -0.15) is 0 Å². The maximum Gasteiger partial charge on any atom is 0.160 e. The first kappa shape index (κ1) is 29.7. The van der Waals surface area contributed by atoms with Crippen molar-refractivity contribution in [3.05, 3.63) is 187 Å². The monoisotopic (exact) mass is 678 g/mol. The molecule has 0 spiro atoms. The summed E-state index contributed by atoms with van der Waals surface area (Å²) in [5.74, 6) is 0.657. The summed E-state index contributed by atoms with van der Waals surface area (Å²) in [7, 11) is 0. The predicted molar refractivity (Wildman–Crippen MR) is 220 cm³/mol. The van der Waals surface area contributed by atoms with Crippen LogP contribution in [0.15, 0.2) is 189 Å². The van der Waals surface area contributed by atoms with Gasteiger partial charge in [-0.05, 0) is 63.7 Å². The van der Waals surface area contributed by atoms with E-state index in [4.69, 9.17) is 18.8 Å². The molecule has 248 valence electrons. The lowest BCUT2D eigenvalue weighted by Gasteiger charge is -2.12. The zero-order chi connectivity index (χ0) is 34.9. The van der Waals surface area contributed by atoms with Crippen molar-refractivity contribution in [2.75, 3.05) is 0 Å². The lowest BCUT2D eigenvalue weighted by molar-refractivity contribution is 0.669. The molecule has 1 aliphatic rings. The average molecular weight is 679 g/mol. The first-order valence-electron chi connectivity index (χ1n) is 18.0. The molecule has 0 unspecified atom stereocenters. The summed E-state index contributed by atoms with van der Waals surface area (Å²) in [6.07, 6.45) is 2.86. The van der Waals surface area contributed by atoms with E-state index in [0.717, 1.165) is 93.9 Å². The van der Waals surface area contributed by atoms with E-state index in [1.807, 2.05) is 30.3 Å². The Balaban J connectivity index is 1.19. The molecule has 0 aliphatic carbocycles. The SMILES string of the molecule is C1=C(c2ccc3ccccc3c2)N=C(c2ccc(-c3cc4c5ccccc5oc4c4ccccc34)c3oc4ccccc4c23)N=C(c2ccccc2)C1. The predicted octanol–water partition coefficient (Wildman–Crippen LogP) is 13.1. The lowest BCUT2D eigenvalue weighted by atomic mass is 9.92. The number of hydrogen-bond acceptors (Lipinski definition) is 4. The van der Waals surface area contributed by atoms with E-state index in [1.54, 1.807) is 0 Å². The molecule has 53 heavy (non-hydrogen) atoms. The van der Waals surface area contributed by atoms with Crippen LogP contribution in [0.25, 0.3) is 82.2 Å². The van der Waals surface area contributed by atoms with E-state index in [2.05, 4.69) is 140 Å². The van der Waals surface area contributed by atoms with Gasteiger partial charge in [0.05, 0.1) is 11.4 Å². The molecule has 8 aromatic carbocycles. The second-order valence-corrected chi connectivity index (χ2v) is 13.6. The molecule has 0 fully saturated rings. The molecule has 0 amide bonds. The lowest BCUT2D eigenvalue weighted by Crippen LogP contribution is -2.05. The van der Waals surface area contributed by atoms with E-state index >= 15 is 0 Å². The van der Waals surface area contributed by atoms with Crippen LogP contribution >= 0.6 is 0 Å². The number of allylic oxidation sites excluding steroid dienone is 1. The second-order valence-electron chi connectivity index (χ2n) is 13.6. The molecular formula is C49H30N2O2. The molecule has 3 heterocycles. The maximum absolute atomic E-state index is 6.86. The zero-order valence-corrected chi connectivity index (χ0v) is 28.6. The minimum atomic E-state index is 0.650. The maximum atomic E-state index is 6.86. The van der Waals surface area contributed by atoms with Gasteiger partial charge in [0.15, 0.2) is 5.84 Å². The number of benzene rings is 8. The standard InChI is InChI=1S/C49H30N2O2/c1-2-13-31(14-3-1)42-26-27-43(33-23-22-30-12-4-5-15-32(30)28-33)51-49(50-42)39-25-24-37(48-46(39)38-19-9-11-21-45(38)53-48)40-29-41-35-17-8-10-20-44(35)52-47(41)36-18-7-6-16-34(36)40/h1-25,27-29H,26H2. The van der Waals surface area contributed by atoms with E-state index in [0.29, 0.717) is 12.3 Å². The van der Waals surface area contributed by atoms with Crippen molar-refractivity contribution in [1.82, 2.24) is 0 Å². The largest absolute Gasteiger partial charge is 0.455 e. The van der Waals surface area contributed by atoms with Gasteiger partial charge in [-0.25, -0.2) is 9.98 Å². The molecule has 1 aliphatic heterocycles. The molecule has 4 nitrogen and oxygen atoms in total. The van der Waals surface area contributed by atoms with E-state index in [1.165, 1.54) is 10.8 Å². The van der Waals surface area contributed by atoms with Crippen molar-refractivity contribution in [2.24, 2.45) is 9.98 Å². The van der Waals surface area contributed by atoms with Crippen LogP contribution in [0.5, 0.6) is 0 Å². The number of nitrogens with zero attached hydrogens (tertiary/aromatic N) is 2. The van der Waals surface area contributed by atoms with Crippen molar-refractivity contribution in [3.8, 4) is 11.1 Å². The van der Waals surface area contributed by atoms with Gasteiger partial charge in [0, 0.05) is 50.0 Å². The third-order valence-corrected chi connectivity index (χ3v) is 10.5. The Bertz CT molecular complexity index is 3200. The van der Waals surface area contributed by atoms with Gasteiger partial charge in [-0.15, -0.1) is 0 Å². The fraction of sp³-hybridized carbons (Fsp3) is 0.0204. The van der Waals surface area contributed by atoms with E-state index < -0.39 is 0 Å². The quantitative estimate of drug-likeness (QED) is 0.186. The molecular weight excluding hydrogens is 649 g/mol. The summed E-state index contributed by atoms with van der Waals surface area (Å²) in [4.78, 5) is 10.8. The molecule has 10 aromatic rings. The van der Waals surface area contributed by atoms with Crippen LogP contribution in [-0.2, 0) is 0 Å². The highest BCUT2D eigenvalue weighted by Gasteiger charge is 2.23. The summed E-state index contributed by atoms with van der Waals surface area (Å²) in [6.45, 7) is 0. The van der Waals surface area contributed by atoms with Crippen molar-refractivity contribution < 1.29 is 8.83 Å². The number of hydrogen-bond donors (Lipinski definition) is 0. The van der Waals surface area contributed by atoms with Crippen molar-refractivity contribution in [1.29, 1.82) is 0 Å². The normalized spacial score (nSPS) is 13.5. The summed E-state index contributed by atoms with van der Waals surface area (Å²) in [5, 5.41) is 8.75. The van der Waals surface area contributed by atoms with Gasteiger partial charge >= 0.3 is 0 Å². The highest BCUT2D eigenvalue weighted by molar-refractivity contribution is 6.26. The van der Waals surface area contributed by atoms with Gasteiger partial charge in [0.2, 0.25) is 0 Å². The molecule has 0 saturated carbocycles. The molecule has 4 heteroatoms. The van der Waals surface area contributed by atoms with Crippen LogP contribution in [0.2, 0.25) is 0 Å². The number of furan rings is 2. The molecule has 2 aromatic heterocycles. The first-order chi connectivity index (χ1) is 26.3. The van der Waals surface area contributed by atoms with Crippen molar-refractivity contribution in [3.63, 3.8) is 0 Å². The summed E-state index contributed by atoms with van der Waals surface area (Å²) < 4.78 is 13.3. The molecule has 0 N–H and O–H groups in total. The summed E-state index contributed by atoms with van der Waals surface area (Å²) in [6, 6.07) is 57.1. The minimum Gasteiger partial charge on any atom is -0.455 e. The van der Waals surface area contributed by atoms with Gasteiger partial charge in [-0.1, -0.05) is 133 Å². The first-order valence-corrected chi connectivity index (χ1v) is 18.0. The van der Waals surface area contributed by atoms with Crippen molar-refractivity contribution >= 4 is 82.7 Å². The van der Waals surface area contributed by atoms with E-state index in [9.17, 15) is 0 Å². The number of amidine groups is 1. The van der Waals surface area contributed by atoms with Crippen LogP contribution in [0.1, 0.15) is 23.1 Å². The van der Waals surface area contributed by atoms with Crippen LogP contribution in [-0.4, -0.2) is 11.5 Å². The summed E-state index contributed by atoms with van der Waals surface area (Å²) >= 11 is 0. The number of fused-ring (bicyclic) bond motifs is 9. The summed E-state index contributed by atoms with van der Waals surface area (Å²) in [5.41, 5.74) is 10.4. The highest BCUT2D eigenvalue weighted by Crippen LogP contribution is 2.44. The Kier molecular flexibility index (Phi) is 6.58. The number of aliphatic imine (C=N–C) groups is 2. The Morgan fingerprint density at radius 1 is 0.415 bits per heavy atom. The van der Waals surface area contributed by atoms with Gasteiger partial charge in [-0.3, -0.25) is 0 Å². The number of rotatable bonds is 4.